The van der Waals surface area contributed by atoms with Gasteiger partial charge in [0.15, 0.2) is 5.96 Å². The zero-order valence-electron chi connectivity index (χ0n) is 15.0. The van der Waals surface area contributed by atoms with Gasteiger partial charge in [-0.3, -0.25) is 9.79 Å². The van der Waals surface area contributed by atoms with Crippen molar-refractivity contribution >= 4 is 39.1 Å². The number of nitrogens with zero attached hydrogens (tertiary/aromatic N) is 2. The second-order valence-corrected chi connectivity index (χ2v) is 8.74. The van der Waals surface area contributed by atoms with Crippen molar-refractivity contribution in [3.05, 3.63) is 20.8 Å². The molecule has 2 heterocycles. The molecule has 0 aromatic carbocycles. The molecule has 25 heavy (non-hydrogen) atoms. The predicted molar refractivity (Wildman–Crippen MR) is 109 cm³/mol. The van der Waals surface area contributed by atoms with Crippen LogP contribution in [0.25, 0.3) is 0 Å². The fraction of sp³-hybridized carbons (Fsp3) is 0.667. The van der Waals surface area contributed by atoms with Gasteiger partial charge in [-0.1, -0.05) is 6.42 Å². The quantitative estimate of drug-likeness (QED) is 0.378. The molecule has 1 amide bonds. The highest BCUT2D eigenvalue weighted by molar-refractivity contribution is 9.11. The van der Waals surface area contributed by atoms with Gasteiger partial charge < -0.3 is 15.5 Å². The van der Waals surface area contributed by atoms with E-state index in [1.807, 2.05) is 4.90 Å². The summed E-state index contributed by atoms with van der Waals surface area (Å²) in [5, 5.41) is 6.67. The van der Waals surface area contributed by atoms with E-state index < -0.39 is 0 Å². The lowest BCUT2D eigenvalue weighted by atomic mass is 10.2. The van der Waals surface area contributed by atoms with Gasteiger partial charge in [-0.25, -0.2) is 0 Å². The predicted octanol–water partition coefficient (Wildman–Crippen LogP) is 3.40. The number of likely N-dealkylation sites (tertiary alicyclic amines) is 1. The average molecular weight is 429 g/mol. The molecule has 0 unspecified atom stereocenters. The maximum absolute atomic E-state index is 12.0. The van der Waals surface area contributed by atoms with Crippen molar-refractivity contribution in [3.63, 3.8) is 0 Å². The summed E-state index contributed by atoms with van der Waals surface area (Å²) in [4.78, 5) is 20.0. The Morgan fingerprint density at radius 1 is 1.32 bits per heavy atom. The second-order valence-electron chi connectivity index (χ2n) is 6.19. The van der Waals surface area contributed by atoms with E-state index in [9.17, 15) is 4.79 Å². The maximum Gasteiger partial charge on any atom is 0.222 e. The lowest BCUT2D eigenvalue weighted by Gasteiger charge is -2.20. The van der Waals surface area contributed by atoms with Crippen LogP contribution in [-0.4, -0.2) is 49.5 Å². The van der Waals surface area contributed by atoms with Gasteiger partial charge in [-0.15, -0.1) is 11.3 Å². The molecular formula is C18H29BrN4OS. The average Bonchev–Trinajstić information content (AvgIpc) is 2.90. The van der Waals surface area contributed by atoms with Gasteiger partial charge >= 0.3 is 0 Å². The van der Waals surface area contributed by atoms with Crippen molar-refractivity contribution in [3.8, 4) is 0 Å². The molecule has 1 aliphatic heterocycles. The Bertz CT molecular complexity index is 561. The number of hydrogen-bond acceptors (Lipinski definition) is 3. The Morgan fingerprint density at radius 3 is 2.96 bits per heavy atom. The number of hydrogen-bond donors (Lipinski definition) is 2. The topological polar surface area (TPSA) is 56.7 Å². The van der Waals surface area contributed by atoms with Gasteiger partial charge in [-0.05, 0) is 60.7 Å². The van der Waals surface area contributed by atoms with Crippen LogP contribution in [0.2, 0.25) is 0 Å². The number of amides is 1. The highest BCUT2D eigenvalue weighted by Gasteiger charge is 2.15. The largest absolute Gasteiger partial charge is 0.357 e. The van der Waals surface area contributed by atoms with Crippen LogP contribution in [0.1, 0.15) is 43.9 Å². The number of nitrogens with one attached hydrogen (secondary N) is 2. The minimum atomic E-state index is 0.314. The fourth-order valence-electron chi connectivity index (χ4n) is 2.86. The highest BCUT2D eigenvalue weighted by Crippen LogP contribution is 2.22. The molecule has 0 aliphatic carbocycles. The van der Waals surface area contributed by atoms with E-state index in [0.717, 1.165) is 64.4 Å². The molecule has 0 saturated carbocycles. The summed E-state index contributed by atoms with van der Waals surface area (Å²) in [5.41, 5.74) is 0. The zero-order chi connectivity index (χ0) is 17.9. The summed E-state index contributed by atoms with van der Waals surface area (Å²) in [6.45, 7) is 6.26. The number of aliphatic imine (C=N–C) groups is 1. The maximum atomic E-state index is 12.0. The highest BCUT2D eigenvalue weighted by atomic mass is 79.9. The molecule has 2 N–H and O–H groups in total. The first-order chi connectivity index (χ1) is 12.2. The van der Waals surface area contributed by atoms with E-state index in [4.69, 9.17) is 0 Å². The summed E-state index contributed by atoms with van der Waals surface area (Å²) < 4.78 is 1.17. The zero-order valence-corrected chi connectivity index (χ0v) is 17.4. The molecule has 1 fully saturated rings. The second kappa shape index (κ2) is 11.5. The number of carbonyl (C=O) groups is 1. The lowest BCUT2D eigenvalue weighted by Crippen LogP contribution is -2.38. The Hall–Kier alpha value is -1.08. The van der Waals surface area contributed by atoms with Gasteiger partial charge in [0.1, 0.15) is 0 Å². The fourth-order valence-corrected chi connectivity index (χ4v) is 4.34. The third kappa shape index (κ3) is 7.77. The molecule has 1 saturated heterocycles. The van der Waals surface area contributed by atoms with Gasteiger partial charge in [-0.2, -0.15) is 0 Å². The minimum Gasteiger partial charge on any atom is -0.357 e. The molecule has 140 valence electrons. The van der Waals surface area contributed by atoms with Crippen LogP contribution in [0.4, 0.5) is 0 Å². The molecule has 7 heteroatoms. The number of thiophene rings is 1. The summed E-state index contributed by atoms with van der Waals surface area (Å²) >= 11 is 5.27. The Morgan fingerprint density at radius 2 is 2.20 bits per heavy atom. The monoisotopic (exact) mass is 428 g/mol. The van der Waals surface area contributed by atoms with Crippen molar-refractivity contribution in [2.45, 2.75) is 45.4 Å². The number of guanidine groups is 1. The normalized spacial score (nSPS) is 16.0. The van der Waals surface area contributed by atoms with Crippen molar-refractivity contribution in [1.29, 1.82) is 0 Å². The van der Waals surface area contributed by atoms with Crippen LogP contribution in [0.3, 0.4) is 0 Å². The van der Waals surface area contributed by atoms with Crippen LogP contribution in [0.15, 0.2) is 20.9 Å². The number of rotatable bonds is 8. The smallest absolute Gasteiger partial charge is 0.222 e. The van der Waals surface area contributed by atoms with Crippen LogP contribution in [-0.2, 0) is 11.2 Å². The van der Waals surface area contributed by atoms with E-state index in [1.165, 1.54) is 15.1 Å². The first-order valence-electron chi connectivity index (χ1n) is 9.23. The molecule has 0 spiro atoms. The molecule has 2 rings (SSSR count). The van der Waals surface area contributed by atoms with E-state index in [1.54, 1.807) is 11.3 Å². The number of halogens is 1. The van der Waals surface area contributed by atoms with Crippen LogP contribution in [0.5, 0.6) is 0 Å². The number of carbonyl (C=O) groups excluding carboxylic acids is 1. The van der Waals surface area contributed by atoms with Gasteiger partial charge in [0, 0.05) is 44.0 Å². The van der Waals surface area contributed by atoms with Crippen LogP contribution >= 0.6 is 27.3 Å². The van der Waals surface area contributed by atoms with Gasteiger partial charge in [0.2, 0.25) is 5.91 Å². The van der Waals surface area contributed by atoms with Crippen molar-refractivity contribution < 1.29 is 4.79 Å². The molecule has 5 nitrogen and oxygen atoms in total. The van der Waals surface area contributed by atoms with E-state index >= 15 is 0 Å². The Balaban J connectivity index is 1.69. The molecule has 1 aromatic heterocycles. The van der Waals surface area contributed by atoms with Crippen molar-refractivity contribution in [2.75, 3.05) is 32.7 Å². The first kappa shape index (κ1) is 20.2. The van der Waals surface area contributed by atoms with Crippen LogP contribution < -0.4 is 10.6 Å². The summed E-state index contributed by atoms with van der Waals surface area (Å²) in [6, 6.07) is 4.24. The van der Waals surface area contributed by atoms with E-state index in [-0.39, 0.29) is 0 Å². The summed E-state index contributed by atoms with van der Waals surface area (Å²) in [7, 11) is 0. The van der Waals surface area contributed by atoms with Crippen LogP contribution in [0, 0.1) is 0 Å². The molecule has 1 aromatic rings. The van der Waals surface area contributed by atoms with Crippen molar-refractivity contribution in [2.24, 2.45) is 4.99 Å². The Kier molecular flexibility index (Phi) is 9.32. The van der Waals surface area contributed by atoms with Gasteiger partial charge in [0.25, 0.3) is 0 Å². The Labute approximate surface area is 163 Å². The summed E-state index contributed by atoms with van der Waals surface area (Å²) in [6.07, 6.45) is 5.98. The van der Waals surface area contributed by atoms with E-state index in [2.05, 4.69) is 50.6 Å². The third-order valence-corrected chi connectivity index (χ3v) is 5.85. The molecule has 0 radical (unpaired) electrons. The molecular weight excluding hydrogens is 400 g/mol. The molecule has 0 bridgehead atoms. The standard InChI is InChI=1S/C18H29BrN4OS/c1-2-20-18(22-12-10-15-8-9-16(19)25-15)21-11-6-14-23-13-5-3-4-7-17(23)24/h8-9H,2-7,10-14H2,1H3,(H2,20,21,22). The lowest BCUT2D eigenvalue weighted by molar-refractivity contribution is -0.130. The SMILES string of the molecule is CCNC(=NCCCN1CCCCCC1=O)NCCc1ccc(Br)s1. The third-order valence-electron chi connectivity index (χ3n) is 4.16. The molecule has 1 aliphatic rings. The first-order valence-corrected chi connectivity index (χ1v) is 10.8. The van der Waals surface area contributed by atoms with E-state index in [0.29, 0.717) is 12.3 Å². The summed E-state index contributed by atoms with van der Waals surface area (Å²) in [5.74, 6) is 1.17. The molecule has 0 atom stereocenters. The van der Waals surface area contributed by atoms with Gasteiger partial charge in [0.05, 0.1) is 3.79 Å². The minimum absolute atomic E-state index is 0.314. The van der Waals surface area contributed by atoms with Crippen molar-refractivity contribution in [1.82, 2.24) is 15.5 Å².